The van der Waals surface area contributed by atoms with E-state index in [1.54, 1.807) is 30.3 Å². The van der Waals surface area contributed by atoms with Crippen molar-refractivity contribution < 1.29 is 28.7 Å². The van der Waals surface area contributed by atoms with E-state index in [9.17, 15) is 19.2 Å². The fourth-order valence-electron chi connectivity index (χ4n) is 3.36. The van der Waals surface area contributed by atoms with E-state index in [0.29, 0.717) is 16.3 Å². The summed E-state index contributed by atoms with van der Waals surface area (Å²) in [6.45, 7) is 0.285. The summed E-state index contributed by atoms with van der Waals surface area (Å²) in [5.74, 6) is -1.57. The number of hydrogen-bond acceptors (Lipinski definition) is 6. The fraction of sp³-hybridized carbons (Fsp3) is 0.0769. The molecule has 176 valence electrons. The van der Waals surface area contributed by atoms with Gasteiger partial charge >= 0.3 is 12.0 Å². The summed E-state index contributed by atoms with van der Waals surface area (Å²) < 4.78 is 10.4. The molecule has 0 unspecified atom stereocenters. The van der Waals surface area contributed by atoms with Gasteiger partial charge < -0.3 is 9.47 Å². The first-order valence-electron chi connectivity index (χ1n) is 10.4. The molecular weight excluding hydrogens is 472 g/mol. The smallest absolute Gasteiger partial charge is 0.337 e. The molecule has 1 N–H and O–H groups in total. The number of carbonyl (C=O) groups is 4. The standard InChI is InChI=1S/C26H19ClN2O6/c1-34-25(32)17-8-10-19(11-9-17)29-24(31)21(23(30)28-26(29)33)14-16-6-12-20(13-7-16)35-15-18-4-2-3-5-22(18)27/h2-14H,15H2,1H3,(H,28,30,33)/b21-14-. The zero-order valence-electron chi connectivity index (χ0n) is 18.5. The molecule has 0 radical (unpaired) electrons. The first-order chi connectivity index (χ1) is 16.9. The number of anilines is 1. The molecule has 1 aliphatic heterocycles. The van der Waals surface area contributed by atoms with E-state index in [1.807, 2.05) is 18.2 Å². The lowest BCUT2D eigenvalue weighted by Crippen LogP contribution is -2.54. The highest BCUT2D eigenvalue weighted by atomic mass is 35.5. The lowest BCUT2D eigenvalue weighted by Gasteiger charge is -2.26. The molecule has 8 nitrogen and oxygen atoms in total. The highest BCUT2D eigenvalue weighted by Gasteiger charge is 2.36. The number of methoxy groups -OCH3 is 1. The van der Waals surface area contributed by atoms with Gasteiger partial charge in [0.2, 0.25) is 0 Å². The molecule has 0 atom stereocenters. The molecule has 35 heavy (non-hydrogen) atoms. The van der Waals surface area contributed by atoms with Gasteiger partial charge in [0.05, 0.1) is 18.4 Å². The monoisotopic (exact) mass is 490 g/mol. The van der Waals surface area contributed by atoms with Crippen molar-refractivity contribution >= 4 is 47.2 Å². The zero-order valence-corrected chi connectivity index (χ0v) is 19.2. The lowest BCUT2D eigenvalue weighted by atomic mass is 10.1. The maximum absolute atomic E-state index is 13.0. The van der Waals surface area contributed by atoms with Crippen LogP contribution in [0.4, 0.5) is 10.5 Å². The molecule has 0 aliphatic carbocycles. The first kappa shape index (κ1) is 23.7. The number of esters is 1. The summed E-state index contributed by atoms with van der Waals surface area (Å²) >= 11 is 6.14. The minimum atomic E-state index is -0.883. The van der Waals surface area contributed by atoms with Crippen molar-refractivity contribution in [1.82, 2.24) is 5.32 Å². The Morgan fingerprint density at radius 2 is 1.66 bits per heavy atom. The van der Waals surface area contributed by atoms with Crippen LogP contribution < -0.4 is 15.0 Å². The van der Waals surface area contributed by atoms with Crippen LogP contribution in [0.3, 0.4) is 0 Å². The first-order valence-corrected chi connectivity index (χ1v) is 10.8. The van der Waals surface area contributed by atoms with E-state index in [-0.39, 0.29) is 23.4 Å². The van der Waals surface area contributed by atoms with E-state index in [2.05, 4.69) is 10.1 Å². The molecule has 0 spiro atoms. The maximum atomic E-state index is 13.0. The van der Waals surface area contributed by atoms with Gasteiger partial charge in [-0.1, -0.05) is 41.9 Å². The Hall–Kier alpha value is -4.43. The minimum absolute atomic E-state index is 0.196. The largest absolute Gasteiger partial charge is 0.489 e. The number of imide groups is 2. The number of nitrogens with zero attached hydrogens (tertiary/aromatic N) is 1. The normalized spacial score (nSPS) is 14.6. The van der Waals surface area contributed by atoms with Crippen molar-refractivity contribution in [3.63, 3.8) is 0 Å². The Balaban J connectivity index is 1.51. The number of ether oxygens (including phenoxy) is 2. The van der Waals surface area contributed by atoms with Gasteiger partial charge in [-0.05, 0) is 54.1 Å². The number of carbonyl (C=O) groups excluding carboxylic acids is 4. The van der Waals surface area contributed by atoms with Crippen molar-refractivity contribution in [3.05, 3.63) is 100 Å². The van der Waals surface area contributed by atoms with Gasteiger partial charge in [-0.15, -0.1) is 0 Å². The molecule has 0 aromatic heterocycles. The van der Waals surface area contributed by atoms with Crippen LogP contribution in [0.5, 0.6) is 5.75 Å². The molecule has 1 heterocycles. The van der Waals surface area contributed by atoms with E-state index in [1.165, 1.54) is 37.5 Å². The fourth-order valence-corrected chi connectivity index (χ4v) is 3.55. The quantitative estimate of drug-likeness (QED) is 0.313. The van der Waals surface area contributed by atoms with Gasteiger partial charge in [0, 0.05) is 10.6 Å². The minimum Gasteiger partial charge on any atom is -0.489 e. The molecule has 1 saturated heterocycles. The van der Waals surface area contributed by atoms with E-state index < -0.39 is 23.8 Å². The van der Waals surface area contributed by atoms with Gasteiger partial charge in [-0.2, -0.15) is 0 Å². The number of urea groups is 1. The van der Waals surface area contributed by atoms with E-state index in [0.717, 1.165) is 10.5 Å². The molecule has 0 bridgehead atoms. The van der Waals surface area contributed by atoms with Crippen LogP contribution in [0.2, 0.25) is 5.02 Å². The Kier molecular flexibility index (Phi) is 6.93. The number of amides is 4. The summed E-state index contributed by atoms with van der Waals surface area (Å²) in [6.07, 6.45) is 1.39. The molecular formula is C26H19ClN2O6. The molecule has 1 fully saturated rings. The summed E-state index contributed by atoms with van der Waals surface area (Å²) in [5.41, 5.74) is 1.64. The van der Waals surface area contributed by atoms with Gasteiger partial charge in [-0.3, -0.25) is 14.9 Å². The van der Waals surface area contributed by atoms with Crippen LogP contribution >= 0.6 is 11.6 Å². The third-order valence-corrected chi connectivity index (χ3v) is 5.56. The third kappa shape index (κ3) is 5.23. The second-order valence-electron chi connectivity index (χ2n) is 7.45. The van der Waals surface area contributed by atoms with Crippen molar-refractivity contribution in [2.24, 2.45) is 0 Å². The second-order valence-corrected chi connectivity index (χ2v) is 7.85. The number of benzene rings is 3. The third-order valence-electron chi connectivity index (χ3n) is 5.19. The molecule has 9 heteroatoms. The van der Waals surface area contributed by atoms with Crippen molar-refractivity contribution in [2.45, 2.75) is 6.61 Å². The maximum Gasteiger partial charge on any atom is 0.337 e. The van der Waals surface area contributed by atoms with Gasteiger partial charge in [0.15, 0.2) is 0 Å². The van der Waals surface area contributed by atoms with Crippen LogP contribution in [0.25, 0.3) is 6.08 Å². The van der Waals surface area contributed by atoms with E-state index >= 15 is 0 Å². The number of nitrogens with one attached hydrogen (secondary N) is 1. The molecule has 3 aromatic rings. The number of barbiturate groups is 1. The average molecular weight is 491 g/mol. The van der Waals surface area contributed by atoms with E-state index in [4.69, 9.17) is 16.3 Å². The van der Waals surface area contributed by atoms with Crippen LogP contribution in [-0.2, 0) is 20.9 Å². The van der Waals surface area contributed by atoms with Gasteiger partial charge in [0.1, 0.15) is 17.9 Å². The van der Waals surface area contributed by atoms with Crippen LogP contribution in [0.15, 0.2) is 78.4 Å². The highest BCUT2D eigenvalue weighted by molar-refractivity contribution is 6.39. The van der Waals surface area contributed by atoms with Gasteiger partial charge in [0.25, 0.3) is 11.8 Å². The molecule has 4 rings (SSSR count). The molecule has 1 aliphatic rings. The topological polar surface area (TPSA) is 102 Å². The summed E-state index contributed by atoms with van der Waals surface area (Å²) in [6, 6.07) is 18.9. The summed E-state index contributed by atoms with van der Waals surface area (Å²) in [5, 5.41) is 2.77. The van der Waals surface area contributed by atoms with Crippen molar-refractivity contribution in [1.29, 1.82) is 0 Å². The number of halogens is 1. The predicted molar refractivity (Wildman–Crippen MR) is 129 cm³/mol. The van der Waals surface area contributed by atoms with Crippen LogP contribution in [0, 0.1) is 0 Å². The molecule has 3 aromatic carbocycles. The summed E-state index contributed by atoms with van der Waals surface area (Å²) in [7, 11) is 1.25. The Labute approximate surface area is 205 Å². The molecule has 0 saturated carbocycles. The predicted octanol–water partition coefficient (Wildman–Crippen LogP) is 4.37. The Bertz CT molecular complexity index is 1330. The van der Waals surface area contributed by atoms with Crippen molar-refractivity contribution in [2.75, 3.05) is 12.0 Å². The summed E-state index contributed by atoms with van der Waals surface area (Å²) in [4.78, 5) is 50.3. The number of rotatable bonds is 6. The zero-order chi connectivity index (χ0) is 24.9. The van der Waals surface area contributed by atoms with Gasteiger partial charge in [-0.25, -0.2) is 14.5 Å². The van der Waals surface area contributed by atoms with Crippen molar-refractivity contribution in [3.8, 4) is 5.75 Å². The van der Waals surface area contributed by atoms with Crippen LogP contribution in [0.1, 0.15) is 21.5 Å². The SMILES string of the molecule is COC(=O)c1ccc(N2C(=O)NC(=O)/C(=C/c3ccc(OCc4ccccc4Cl)cc3)C2=O)cc1. The Morgan fingerprint density at radius 1 is 0.971 bits per heavy atom. The average Bonchev–Trinajstić information content (AvgIpc) is 2.86. The Morgan fingerprint density at radius 3 is 2.31 bits per heavy atom. The number of hydrogen-bond donors (Lipinski definition) is 1. The highest BCUT2D eigenvalue weighted by Crippen LogP contribution is 2.24. The second kappa shape index (κ2) is 10.2. The molecule has 4 amide bonds. The lowest BCUT2D eigenvalue weighted by molar-refractivity contribution is -0.122. The van der Waals surface area contributed by atoms with Crippen LogP contribution in [-0.4, -0.2) is 30.9 Å².